The van der Waals surface area contributed by atoms with E-state index >= 15 is 0 Å². The Morgan fingerprint density at radius 1 is 0.875 bits per heavy atom. The maximum absolute atomic E-state index is 12.7. The predicted molar refractivity (Wildman–Crippen MR) is 124 cm³/mol. The molecule has 0 fully saturated rings. The molecule has 4 N–H and O–H groups in total. The van der Waals surface area contributed by atoms with E-state index in [9.17, 15) is 14.4 Å². The standard InChI is InChI=1S/C25H25N3O4/c1-16(2)24(30)27-19-9-6-10-20(14-19)28-25(31)18-8-5-7-17(13-18)15-32-22-12-4-3-11-21(22)23(26)29/h3-14,16H,15H2,1-2H3,(H2,26,29)(H,27,30)(H,28,31). The number of amides is 3. The van der Waals surface area contributed by atoms with Crippen molar-refractivity contribution in [1.29, 1.82) is 0 Å². The number of carbonyl (C=O) groups excluding carboxylic acids is 3. The molecule has 0 atom stereocenters. The zero-order valence-corrected chi connectivity index (χ0v) is 17.9. The Balaban J connectivity index is 1.67. The monoisotopic (exact) mass is 431 g/mol. The SMILES string of the molecule is CC(C)C(=O)Nc1cccc(NC(=O)c2cccc(COc3ccccc3C(N)=O)c2)c1. The van der Waals surface area contributed by atoms with Crippen molar-refractivity contribution in [3.8, 4) is 5.75 Å². The van der Waals surface area contributed by atoms with Crippen LogP contribution in [0.15, 0.2) is 72.8 Å². The van der Waals surface area contributed by atoms with Gasteiger partial charge in [-0.25, -0.2) is 0 Å². The van der Waals surface area contributed by atoms with Crippen molar-refractivity contribution in [2.24, 2.45) is 11.7 Å². The van der Waals surface area contributed by atoms with Crippen molar-refractivity contribution in [1.82, 2.24) is 0 Å². The first-order chi connectivity index (χ1) is 15.3. The van der Waals surface area contributed by atoms with Crippen LogP contribution in [-0.2, 0) is 11.4 Å². The van der Waals surface area contributed by atoms with Gasteiger partial charge in [0.2, 0.25) is 5.91 Å². The van der Waals surface area contributed by atoms with Crippen LogP contribution in [0.5, 0.6) is 5.75 Å². The quantitative estimate of drug-likeness (QED) is 0.496. The molecule has 0 aliphatic heterocycles. The number of primary amides is 1. The van der Waals surface area contributed by atoms with Crippen LogP contribution >= 0.6 is 0 Å². The Morgan fingerprint density at radius 2 is 1.56 bits per heavy atom. The number of hydrogen-bond donors (Lipinski definition) is 3. The molecule has 7 heteroatoms. The molecule has 0 aromatic heterocycles. The zero-order chi connectivity index (χ0) is 23.1. The third kappa shape index (κ3) is 5.95. The van der Waals surface area contributed by atoms with E-state index in [1.165, 1.54) is 0 Å². The Kier molecular flexibility index (Phi) is 7.23. The summed E-state index contributed by atoms with van der Waals surface area (Å²) in [4.78, 5) is 36.1. The van der Waals surface area contributed by atoms with Crippen LogP contribution in [0, 0.1) is 5.92 Å². The fourth-order valence-corrected chi connectivity index (χ4v) is 2.92. The first-order valence-corrected chi connectivity index (χ1v) is 10.2. The van der Waals surface area contributed by atoms with Gasteiger partial charge in [0.05, 0.1) is 5.56 Å². The number of nitrogens with one attached hydrogen (secondary N) is 2. The smallest absolute Gasteiger partial charge is 0.255 e. The van der Waals surface area contributed by atoms with Crippen molar-refractivity contribution < 1.29 is 19.1 Å². The number of carbonyl (C=O) groups is 3. The molecule has 0 radical (unpaired) electrons. The van der Waals surface area contributed by atoms with Crippen LogP contribution < -0.4 is 21.1 Å². The zero-order valence-electron chi connectivity index (χ0n) is 17.9. The minimum atomic E-state index is -0.569. The van der Waals surface area contributed by atoms with E-state index in [1.807, 2.05) is 19.9 Å². The summed E-state index contributed by atoms with van der Waals surface area (Å²) in [5.74, 6) is -0.723. The Bertz CT molecular complexity index is 1140. The summed E-state index contributed by atoms with van der Waals surface area (Å²) >= 11 is 0. The second kappa shape index (κ2) is 10.3. The topological polar surface area (TPSA) is 111 Å². The average Bonchev–Trinajstić information content (AvgIpc) is 2.78. The van der Waals surface area contributed by atoms with Crippen LogP contribution in [-0.4, -0.2) is 17.7 Å². The van der Waals surface area contributed by atoms with Crippen LogP contribution in [0.3, 0.4) is 0 Å². The molecule has 0 saturated carbocycles. The predicted octanol–water partition coefficient (Wildman–Crippen LogP) is 4.21. The van der Waals surface area contributed by atoms with Gasteiger partial charge in [-0.3, -0.25) is 14.4 Å². The second-order valence-corrected chi connectivity index (χ2v) is 7.53. The summed E-state index contributed by atoms with van der Waals surface area (Å²) in [7, 11) is 0. The lowest BCUT2D eigenvalue weighted by atomic mass is 10.1. The van der Waals surface area contributed by atoms with Crippen molar-refractivity contribution in [2.75, 3.05) is 10.6 Å². The van der Waals surface area contributed by atoms with Gasteiger partial charge >= 0.3 is 0 Å². The Hall–Kier alpha value is -4.13. The van der Waals surface area contributed by atoms with Crippen LogP contribution in [0.25, 0.3) is 0 Å². The molecule has 0 aliphatic carbocycles. The van der Waals surface area contributed by atoms with E-state index in [4.69, 9.17) is 10.5 Å². The van der Waals surface area contributed by atoms with Gasteiger partial charge in [-0.05, 0) is 48.0 Å². The fourth-order valence-electron chi connectivity index (χ4n) is 2.92. The largest absolute Gasteiger partial charge is 0.488 e. The molecule has 0 heterocycles. The first kappa shape index (κ1) is 22.6. The van der Waals surface area contributed by atoms with Crippen LogP contribution in [0.1, 0.15) is 40.1 Å². The van der Waals surface area contributed by atoms with E-state index in [-0.39, 0.29) is 24.3 Å². The minimum absolute atomic E-state index is 0.0981. The fraction of sp³-hybridized carbons (Fsp3) is 0.160. The Labute approximate surface area is 186 Å². The number of hydrogen-bond acceptors (Lipinski definition) is 4. The van der Waals surface area contributed by atoms with E-state index in [2.05, 4.69) is 10.6 Å². The van der Waals surface area contributed by atoms with Crippen molar-refractivity contribution >= 4 is 29.1 Å². The summed E-state index contributed by atoms with van der Waals surface area (Å²) in [6, 6.07) is 20.7. The normalized spacial score (nSPS) is 10.5. The van der Waals surface area contributed by atoms with Gasteiger partial charge in [-0.2, -0.15) is 0 Å². The van der Waals surface area contributed by atoms with Gasteiger partial charge in [0.25, 0.3) is 11.8 Å². The van der Waals surface area contributed by atoms with Crippen molar-refractivity contribution in [3.63, 3.8) is 0 Å². The van der Waals surface area contributed by atoms with Gasteiger partial charge in [-0.1, -0.05) is 44.2 Å². The maximum atomic E-state index is 12.7. The van der Waals surface area contributed by atoms with Crippen LogP contribution in [0.2, 0.25) is 0 Å². The van der Waals surface area contributed by atoms with Gasteiger partial charge in [-0.15, -0.1) is 0 Å². The van der Waals surface area contributed by atoms with Crippen molar-refractivity contribution in [2.45, 2.75) is 20.5 Å². The first-order valence-electron chi connectivity index (χ1n) is 10.2. The molecule has 0 aliphatic rings. The van der Waals surface area contributed by atoms with Crippen LogP contribution in [0.4, 0.5) is 11.4 Å². The summed E-state index contributed by atoms with van der Waals surface area (Å²) in [6.07, 6.45) is 0. The number of benzene rings is 3. The van der Waals surface area contributed by atoms with Gasteiger partial charge in [0.1, 0.15) is 12.4 Å². The Morgan fingerprint density at radius 3 is 2.28 bits per heavy atom. The highest BCUT2D eigenvalue weighted by atomic mass is 16.5. The molecule has 3 rings (SSSR count). The number of para-hydroxylation sites is 1. The second-order valence-electron chi connectivity index (χ2n) is 7.53. The van der Waals surface area contributed by atoms with E-state index < -0.39 is 5.91 Å². The molecule has 32 heavy (non-hydrogen) atoms. The molecule has 3 amide bonds. The molecule has 0 bridgehead atoms. The van der Waals surface area contributed by atoms with Gasteiger partial charge < -0.3 is 21.1 Å². The van der Waals surface area contributed by atoms with E-state index in [1.54, 1.807) is 66.7 Å². The number of nitrogens with two attached hydrogens (primary N) is 1. The minimum Gasteiger partial charge on any atom is -0.488 e. The number of ether oxygens (including phenoxy) is 1. The lowest BCUT2D eigenvalue weighted by molar-refractivity contribution is -0.118. The van der Waals surface area contributed by atoms with Gasteiger partial charge in [0, 0.05) is 22.9 Å². The van der Waals surface area contributed by atoms with E-state index in [0.29, 0.717) is 28.3 Å². The molecule has 7 nitrogen and oxygen atoms in total. The molecule has 3 aromatic carbocycles. The molecule has 0 unspecified atom stereocenters. The summed E-state index contributed by atoms with van der Waals surface area (Å²) in [5, 5.41) is 5.64. The summed E-state index contributed by atoms with van der Waals surface area (Å²) < 4.78 is 5.74. The van der Waals surface area contributed by atoms with Crippen molar-refractivity contribution in [3.05, 3.63) is 89.5 Å². The lowest BCUT2D eigenvalue weighted by Gasteiger charge is -2.12. The van der Waals surface area contributed by atoms with E-state index in [0.717, 1.165) is 5.56 Å². The molecule has 164 valence electrons. The third-order valence-electron chi connectivity index (χ3n) is 4.65. The maximum Gasteiger partial charge on any atom is 0.255 e. The summed E-state index contributed by atoms with van der Waals surface area (Å²) in [6.45, 7) is 3.79. The molecule has 3 aromatic rings. The molecular formula is C25H25N3O4. The number of rotatable bonds is 8. The summed E-state index contributed by atoms with van der Waals surface area (Å²) in [5.41, 5.74) is 8.06. The molecule has 0 saturated heterocycles. The molecule has 0 spiro atoms. The highest BCUT2D eigenvalue weighted by Gasteiger charge is 2.11. The highest BCUT2D eigenvalue weighted by molar-refractivity contribution is 6.04. The van der Waals surface area contributed by atoms with Gasteiger partial charge in [0.15, 0.2) is 0 Å². The average molecular weight is 431 g/mol. The third-order valence-corrected chi connectivity index (χ3v) is 4.65. The molecular weight excluding hydrogens is 406 g/mol. The highest BCUT2D eigenvalue weighted by Crippen LogP contribution is 2.20. The number of anilines is 2. The lowest BCUT2D eigenvalue weighted by Crippen LogP contribution is -2.18.